The molecule has 0 N–H and O–H groups in total. The first-order chi connectivity index (χ1) is 49.6. The van der Waals surface area contributed by atoms with Crippen LogP contribution in [0.25, 0.3) is 0 Å². The fourth-order valence-electron chi connectivity index (χ4n) is 22.2. The van der Waals surface area contributed by atoms with Crippen LogP contribution in [0.15, 0.2) is 0 Å². The van der Waals surface area contributed by atoms with Crippen molar-refractivity contribution in [2.75, 3.05) is 0 Å². The molecule has 13 saturated carbocycles. The van der Waals surface area contributed by atoms with Crippen LogP contribution in [0.4, 0.5) is 0 Å². The van der Waals surface area contributed by atoms with Crippen molar-refractivity contribution >= 4 is 29.8 Å². The lowest BCUT2D eigenvalue weighted by Crippen LogP contribution is -2.53. The van der Waals surface area contributed by atoms with Crippen molar-refractivity contribution in [2.45, 2.75) is 518 Å². The summed E-state index contributed by atoms with van der Waals surface area (Å²) in [7, 11) is 0. The first kappa shape index (κ1) is 127. The van der Waals surface area contributed by atoms with Crippen LogP contribution in [0.2, 0.25) is 0 Å². The van der Waals surface area contributed by atoms with E-state index in [0.717, 1.165) is 115 Å². The monoisotopic (exact) mass is 1670 g/mol. The summed E-state index contributed by atoms with van der Waals surface area (Å²) in [6.07, 6.45) is 30.0. The van der Waals surface area contributed by atoms with Crippen molar-refractivity contribution in [3.63, 3.8) is 0 Å². The van der Waals surface area contributed by atoms with E-state index in [2.05, 4.69) is 62.3 Å². The van der Waals surface area contributed by atoms with E-state index in [4.69, 9.17) is 33.2 Å². The molecule has 17 atom stereocenters. The Bertz CT molecular complexity index is 2750. The molecule has 1 spiro atoms. The smallest absolute Gasteiger partial charge is 0.313 e. The van der Waals surface area contributed by atoms with Gasteiger partial charge in [-0.2, -0.15) is 0 Å². The average Bonchev–Trinajstić information content (AvgIpc) is 1.50. The second-order valence-corrected chi connectivity index (χ2v) is 40.9. The molecule has 13 fully saturated rings. The molecule has 0 aromatic rings. The van der Waals surface area contributed by atoms with Gasteiger partial charge in [-0.3, -0.25) is 24.0 Å². The number of hydrogen-bond donors (Lipinski definition) is 0. The Hall–Kier alpha value is -2.73. The summed E-state index contributed by atoms with van der Waals surface area (Å²) in [5.41, 5.74) is -2.04. The largest absolute Gasteiger partial charge is 0.459 e. The zero-order chi connectivity index (χ0) is 82.0. The third-order valence-electron chi connectivity index (χ3n) is 31.0. The Morgan fingerprint density at radius 3 is 1.21 bits per heavy atom. The quantitative estimate of drug-likeness (QED) is 0.0466. The lowest BCUT2D eigenvalue weighted by molar-refractivity contribution is -0.248. The van der Waals surface area contributed by atoms with Gasteiger partial charge in [0.1, 0.15) is 16.8 Å². The summed E-state index contributed by atoms with van der Waals surface area (Å²) in [4.78, 5) is 61.2. The van der Waals surface area contributed by atoms with Gasteiger partial charge in [0.05, 0.1) is 38.8 Å². The predicted molar refractivity (Wildman–Crippen MR) is 509 cm³/mol. The maximum absolute atomic E-state index is 12.7. The van der Waals surface area contributed by atoms with E-state index in [9.17, 15) is 24.0 Å². The van der Waals surface area contributed by atoms with E-state index in [0.29, 0.717) is 29.3 Å². The van der Waals surface area contributed by atoms with Crippen molar-refractivity contribution in [1.29, 1.82) is 0 Å². The number of carbonyl (C=O) groups is 5. The summed E-state index contributed by atoms with van der Waals surface area (Å²) in [6, 6.07) is 0. The molecule has 17 unspecified atom stereocenters. The zero-order valence-corrected chi connectivity index (χ0v) is 76.5. The third-order valence-corrected chi connectivity index (χ3v) is 31.0. The molecule has 706 valence electrons. The molecule has 0 aromatic heterocycles. The zero-order valence-electron chi connectivity index (χ0n) is 76.5. The topological polar surface area (TPSA) is 150 Å². The van der Waals surface area contributed by atoms with Crippen molar-refractivity contribution in [1.82, 2.24) is 0 Å². The van der Waals surface area contributed by atoms with Gasteiger partial charge in [-0.05, 0) is 365 Å². The molecule has 13 rings (SSSR count). The van der Waals surface area contributed by atoms with E-state index >= 15 is 0 Å². The fourth-order valence-corrected chi connectivity index (χ4v) is 22.2. The van der Waals surface area contributed by atoms with Crippen molar-refractivity contribution in [2.24, 2.45) is 133 Å². The lowest BCUT2D eigenvalue weighted by atomic mass is 9.54. The normalized spacial score (nSPS) is 31.5. The first-order valence-electron chi connectivity index (χ1n) is 45.1. The number of carbonyl (C=O) groups excluding carboxylic acids is 5. The minimum absolute atomic E-state index is 0. The van der Waals surface area contributed by atoms with Gasteiger partial charge in [0.2, 0.25) is 6.29 Å². The van der Waals surface area contributed by atoms with Gasteiger partial charge in [0.15, 0.2) is 6.29 Å². The van der Waals surface area contributed by atoms with Crippen molar-refractivity contribution < 1.29 is 57.1 Å². The molecule has 0 saturated heterocycles. The van der Waals surface area contributed by atoms with Gasteiger partial charge < -0.3 is 33.2 Å². The molecule has 0 amide bonds. The highest BCUT2D eigenvalue weighted by Gasteiger charge is 2.69. The van der Waals surface area contributed by atoms with Gasteiger partial charge in [-0.1, -0.05) is 205 Å². The summed E-state index contributed by atoms with van der Waals surface area (Å²) < 4.78 is 41.4. The Labute approximate surface area is 733 Å². The molecular formula is C105H214O12. The molecule has 12 heteroatoms. The Kier molecular flexibility index (Phi) is 55.6. The molecule has 13 aliphatic carbocycles. The van der Waals surface area contributed by atoms with Crippen molar-refractivity contribution in [3.8, 4) is 0 Å². The van der Waals surface area contributed by atoms with Crippen LogP contribution in [0.1, 0.15) is 477 Å². The summed E-state index contributed by atoms with van der Waals surface area (Å²) in [6.45, 7) is 71.4. The maximum atomic E-state index is 12.7. The Balaban J connectivity index is -0.000000250. The minimum atomic E-state index is -0.418. The summed E-state index contributed by atoms with van der Waals surface area (Å²) >= 11 is 0. The van der Waals surface area contributed by atoms with E-state index in [1.165, 1.54) is 122 Å². The SMILES string of the molecule is C.C.C.C.C.C.C.C.C.C.CC.CC.CC.CC.CCC(C)(C)C(=O)OC(C)(C)C(C)C.CCC(C)(C)C(=O)OC(C)(C)C1CC2CCC1C2.CCC(C)(C)C(=O)OC(C)OC12CC3CC(CC(C3)C1)C2.CCC(C)(C)C(=O)OC(C)OC1CC2CC1C1C3CCC(C3)C21.CCC(C)(C)C(=O)OC1(C)CCC23CC1C(C)(C)C2CCC3C. The predicted octanol–water partition coefficient (Wildman–Crippen LogP) is 32.3. The molecule has 0 radical (unpaired) electrons. The summed E-state index contributed by atoms with van der Waals surface area (Å²) in [5.74, 6) is 12.5. The van der Waals surface area contributed by atoms with E-state index in [-0.39, 0.29) is 148 Å². The van der Waals surface area contributed by atoms with E-state index in [1.807, 2.05) is 180 Å². The van der Waals surface area contributed by atoms with Gasteiger partial charge >= 0.3 is 29.8 Å². The van der Waals surface area contributed by atoms with Gasteiger partial charge in [-0.15, -0.1) is 0 Å². The Morgan fingerprint density at radius 2 is 0.795 bits per heavy atom. The lowest BCUT2D eigenvalue weighted by Gasteiger charge is -2.56. The highest BCUT2D eigenvalue weighted by molar-refractivity contribution is 5.78. The van der Waals surface area contributed by atoms with Crippen molar-refractivity contribution in [3.05, 3.63) is 0 Å². The van der Waals surface area contributed by atoms with Crippen LogP contribution in [0.3, 0.4) is 0 Å². The second-order valence-electron chi connectivity index (χ2n) is 40.9. The third kappa shape index (κ3) is 29.4. The standard InChI is InChI=1S/C21H36O2.C20H32O3.C18H30O3.C16H28O2.C12H24O2.4C2H6.10CH4/c1-8-18(3,4)17(22)23-20(7)11-12-21-13-16(20)19(5,6)15(21)10-9-14(21)2;1-5-20(3,4)19(21)23-11(2)22-16-10-14-9-15(16)18-13-7-6-12(8-13)17(14)18;1-5-17(3,4)16(19)20-12(2)21-18-9-13-6-14(10-18)8-15(7-13)11-18;1-6-15(2,3)14(17)18-16(4,5)13-10-11-7-8-12(13)9-11;1-8-11(4,5)10(13)14-12(6,7)9(2)3;4*1-2;;;;;;;;;;/h14-16H,8-13H2,1-7H3;11-18H,5-10H2,1-4H3;12-15H,5-11H2,1-4H3;11-13H,6-10H2,1-5H3;9H,8H2,1-7H3;4*1-2H3;10*1H4. The molecule has 0 aromatic carbocycles. The van der Waals surface area contributed by atoms with Crippen LogP contribution in [-0.4, -0.2) is 70.9 Å². The number of ether oxygens (including phenoxy) is 7. The number of esters is 5. The van der Waals surface area contributed by atoms with Gasteiger partial charge in [0.25, 0.3) is 0 Å². The highest BCUT2D eigenvalue weighted by Crippen LogP contribution is 2.74. The molecule has 13 aliphatic rings. The van der Waals surface area contributed by atoms with E-state index < -0.39 is 23.4 Å². The van der Waals surface area contributed by atoms with Crippen LogP contribution in [-0.2, 0) is 57.1 Å². The van der Waals surface area contributed by atoms with Crippen LogP contribution in [0.5, 0.6) is 0 Å². The molecular weight excluding hydrogens is 1450 g/mol. The highest BCUT2D eigenvalue weighted by atomic mass is 16.7. The molecule has 117 heavy (non-hydrogen) atoms. The molecule has 0 heterocycles. The molecule has 0 aliphatic heterocycles. The average molecular weight is 1670 g/mol. The first-order valence-corrected chi connectivity index (χ1v) is 45.1. The second kappa shape index (κ2) is 51.0. The number of rotatable bonds is 21. The number of hydrogen-bond acceptors (Lipinski definition) is 12. The van der Waals surface area contributed by atoms with Crippen LogP contribution in [0, 0.1) is 133 Å². The maximum Gasteiger partial charge on any atom is 0.313 e. The molecule has 12 nitrogen and oxygen atoms in total. The number of fused-ring (bicyclic) bond motifs is 12. The molecule has 12 bridgehead atoms. The minimum Gasteiger partial charge on any atom is -0.459 e. The van der Waals surface area contributed by atoms with Gasteiger partial charge in [-0.25, -0.2) is 0 Å². The van der Waals surface area contributed by atoms with Gasteiger partial charge in [0, 0.05) is 11.8 Å². The van der Waals surface area contributed by atoms with Crippen LogP contribution < -0.4 is 0 Å². The summed E-state index contributed by atoms with van der Waals surface area (Å²) in [5, 5.41) is 0. The fraction of sp³-hybridized carbons (Fsp3) is 0.952. The van der Waals surface area contributed by atoms with E-state index in [1.54, 1.807) is 0 Å². The Morgan fingerprint density at radius 1 is 0.393 bits per heavy atom. The van der Waals surface area contributed by atoms with Crippen LogP contribution >= 0.6 is 0 Å².